The van der Waals surface area contributed by atoms with Crippen molar-refractivity contribution in [3.05, 3.63) is 112 Å². The fourth-order valence-electron chi connectivity index (χ4n) is 6.13. The average molecular weight is 793 g/mol. The van der Waals surface area contributed by atoms with E-state index in [1.54, 1.807) is 48.5 Å². The summed E-state index contributed by atoms with van der Waals surface area (Å²) in [5.41, 5.74) is -1.82. The van der Waals surface area contributed by atoms with Gasteiger partial charge in [0.15, 0.2) is 0 Å². The highest BCUT2D eigenvalue weighted by Crippen LogP contribution is 2.47. The molecule has 1 aliphatic heterocycles. The van der Waals surface area contributed by atoms with Gasteiger partial charge in [0.25, 0.3) is 11.1 Å². The average Bonchev–Trinajstić information content (AvgIpc) is 4.04. The molecule has 13 nitrogen and oxygen atoms in total. The zero-order valence-corrected chi connectivity index (χ0v) is 31.7. The van der Waals surface area contributed by atoms with E-state index in [1.807, 2.05) is 0 Å². The molecular formula is C37H25N9O4S4. The summed E-state index contributed by atoms with van der Waals surface area (Å²) in [5, 5.41) is 18.3. The summed E-state index contributed by atoms with van der Waals surface area (Å²) in [7, 11) is 5.32. The number of hydrogen-bond donors (Lipinski definition) is 0. The van der Waals surface area contributed by atoms with Gasteiger partial charge in [-0.1, -0.05) is 0 Å². The van der Waals surface area contributed by atoms with E-state index in [4.69, 9.17) is 20.0 Å². The first-order valence-electron chi connectivity index (χ1n) is 18.0. The predicted molar refractivity (Wildman–Crippen MR) is 210 cm³/mol. The number of nitrogens with zero attached hydrogens (tertiary/aromatic N) is 9. The molecule has 0 N–H and O–H groups in total. The molecule has 0 radical (unpaired) electrons. The van der Waals surface area contributed by atoms with Crippen LogP contribution in [0.15, 0.2) is 57.5 Å². The Labute approximate surface area is 329 Å². The lowest BCUT2D eigenvalue weighted by molar-refractivity contribution is -0.150. The van der Waals surface area contributed by atoms with Gasteiger partial charge in [0.05, 0.1) is 47.1 Å². The van der Waals surface area contributed by atoms with Gasteiger partial charge in [-0.2, -0.15) is 0 Å². The number of carbonyl (C=O) groups is 2. The lowest BCUT2D eigenvalue weighted by atomic mass is 9.98. The van der Waals surface area contributed by atoms with E-state index in [-0.39, 0.29) is 17.4 Å². The topological polar surface area (TPSA) is 146 Å². The molecule has 1 unspecified atom stereocenters. The number of allylic oxidation sites excluding steroid dienone is 1. The van der Waals surface area contributed by atoms with E-state index in [1.165, 1.54) is 66.8 Å². The molecule has 0 aromatic carbocycles. The Balaban J connectivity index is 1.27. The van der Waals surface area contributed by atoms with Gasteiger partial charge in [-0.3, -0.25) is 19.2 Å². The zero-order chi connectivity index (χ0) is 43.0. The number of aromatic nitrogens is 3. The van der Waals surface area contributed by atoms with Crippen LogP contribution in [-0.4, -0.2) is 49.4 Å². The molecule has 1 fully saturated rings. The van der Waals surface area contributed by atoms with Crippen LogP contribution in [0.4, 0.5) is 0 Å². The summed E-state index contributed by atoms with van der Waals surface area (Å²) >= 11 is 5.00. The highest BCUT2D eigenvalue weighted by atomic mass is 32.1. The Morgan fingerprint density at radius 3 is 1.87 bits per heavy atom. The molecule has 54 heavy (non-hydrogen) atoms. The van der Waals surface area contributed by atoms with Crippen LogP contribution >= 0.6 is 45.3 Å². The van der Waals surface area contributed by atoms with Gasteiger partial charge in [-0.15, -0.1) is 45.3 Å². The summed E-state index contributed by atoms with van der Waals surface area (Å²) < 4.78 is 47.8. The molecule has 6 aromatic rings. The van der Waals surface area contributed by atoms with Crippen molar-refractivity contribution in [3.63, 3.8) is 0 Å². The second kappa shape index (κ2) is 13.6. The molecule has 0 bridgehead atoms. The summed E-state index contributed by atoms with van der Waals surface area (Å²) in [6.45, 7) is 12.0. The number of nitriles is 2. The van der Waals surface area contributed by atoms with Crippen LogP contribution in [0, 0.1) is 41.7 Å². The van der Waals surface area contributed by atoms with Crippen molar-refractivity contribution in [1.29, 1.82) is 10.5 Å². The third-order valence-electron chi connectivity index (χ3n) is 8.77. The first-order chi connectivity index (χ1) is 27.9. The standard InChI is InChI=1S/C37H25N9O4S4/c1-40-22(16-38)32-43(4)34(47)20(35(48)44(32)5)12-18-8-10-26(51-18)28-14-24-30(53-28)31-25(42(24)3)15-29(54-31)27-11-9-19(52-27)13-21-36(49)45(6)33(23(17-39)41-2)46(7)37(21)50/h8-12,14-15,21H,13H2,3-7H3/i3D3,12D,13D. The molecule has 17 heteroatoms. The lowest BCUT2D eigenvalue weighted by Crippen LogP contribution is -2.57. The smallest absolute Gasteiger partial charge is 0.301 e. The van der Waals surface area contributed by atoms with Gasteiger partial charge in [0.1, 0.15) is 22.4 Å². The number of carbonyl (C=O) groups excluding carboxylic acids is 2. The van der Waals surface area contributed by atoms with E-state index in [9.17, 15) is 29.7 Å². The Bertz CT molecular complexity index is 3210. The number of rotatable bonds is 5. The molecule has 7 rings (SSSR count). The van der Waals surface area contributed by atoms with Gasteiger partial charge < -0.3 is 23.5 Å². The quantitative estimate of drug-likeness (QED) is 0.144. The minimum atomic E-state index is -2.58. The van der Waals surface area contributed by atoms with Crippen molar-refractivity contribution in [1.82, 2.24) is 23.5 Å². The maximum absolute atomic E-state index is 13.4. The van der Waals surface area contributed by atoms with Gasteiger partial charge in [-0.05, 0) is 42.5 Å². The second-order valence-electron chi connectivity index (χ2n) is 11.8. The SMILES string of the molecule is [2H]C(c1ccc(-c2cc3c(s2)c2sc(-c4ccc(C([2H])C5C(=O)N(C)C(=C(C#N)[N+]#[C-])N(C)C5=O)s4)cc2n3C([2H])([2H])[2H])s1)=c1c(=O)n(C)c(=C(C#N)[N+]#[C-])n(C)c1=O. The number of hydrogen-bond acceptors (Lipinski definition) is 10. The van der Waals surface area contributed by atoms with Crippen molar-refractivity contribution in [2.24, 2.45) is 27.0 Å². The van der Waals surface area contributed by atoms with Gasteiger partial charge in [-0.25, -0.2) is 20.2 Å². The summed E-state index contributed by atoms with van der Waals surface area (Å²) in [6, 6.07) is 13.2. The molecule has 0 spiro atoms. The van der Waals surface area contributed by atoms with Crippen LogP contribution in [0.25, 0.3) is 61.4 Å². The third kappa shape index (κ3) is 5.59. The first-order valence-corrected chi connectivity index (χ1v) is 18.7. The molecule has 0 aliphatic carbocycles. The minimum absolute atomic E-state index is 0.148. The molecule has 1 atom stereocenters. The largest absolute Gasteiger partial charge is 0.342 e. The predicted octanol–water partition coefficient (Wildman–Crippen LogP) is 4.39. The summed E-state index contributed by atoms with van der Waals surface area (Å²) in [5.74, 6) is -3.02. The van der Waals surface area contributed by atoms with Crippen molar-refractivity contribution in [3.8, 4) is 31.6 Å². The number of fused-ring (bicyclic) bond motifs is 3. The number of thiophene rings is 4. The van der Waals surface area contributed by atoms with Gasteiger partial charge in [0.2, 0.25) is 11.8 Å². The van der Waals surface area contributed by atoms with Crippen molar-refractivity contribution in [2.75, 3.05) is 14.1 Å². The fourth-order valence-corrected chi connectivity index (χ4v) is 10.6. The van der Waals surface area contributed by atoms with Crippen LogP contribution in [-0.2, 0) is 37.1 Å². The lowest BCUT2D eigenvalue weighted by Gasteiger charge is -2.37. The Morgan fingerprint density at radius 1 is 0.815 bits per heavy atom. The monoisotopic (exact) mass is 792 g/mol. The van der Waals surface area contributed by atoms with Crippen LogP contribution in [0.2, 0.25) is 0 Å². The molecule has 1 aliphatic rings. The zero-order valence-electron chi connectivity index (χ0n) is 33.4. The highest BCUT2D eigenvalue weighted by Gasteiger charge is 2.41. The van der Waals surface area contributed by atoms with E-state index in [2.05, 4.69) is 9.69 Å². The molecule has 2 amide bonds. The van der Waals surface area contributed by atoms with E-state index in [0.717, 1.165) is 30.3 Å². The minimum Gasteiger partial charge on any atom is -0.342 e. The van der Waals surface area contributed by atoms with Crippen molar-refractivity contribution in [2.45, 2.75) is 6.40 Å². The van der Waals surface area contributed by atoms with E-state index < -0.39 is 58.8 Å². The molecule has 0 saturated carbocycles. The van der Waals surface area contributed by atoms with Crippen LogP contribution in [0.1, 0.15) is 16.6 Å². The Kier molecular flexibility index (Phi) is 7.58. The first kappa shape index (κ1) is 30.2. The van der Waals surface area contributed by atoms with Crippen LogP contribution < -0.4 is 21.8 Å². The van der Waals surface area contributed by atoms with Crippen molar-refractivity contribution >= 4 is 89.3 Å². The van der Waals surface area contributed by atoms with Crippen molar-refractivity contribution < 1.29 is 16.4 Å². The molecule has 7 heterocycles. The van der Waals surface area contributed by atoms with E-state index >= 15 is 0 Å². The number of amides is 2. The normalized spacial score (nSPS) is 16.5. The highest BCUT2D eigenvalue weighted by molar-refractivity contribution is 7.32. The maximum Gasteiger partial charge on any atom is 0.301 e. The molecule has 6 aromatic heterocycles. The van der Waals surface area contributed by atoms with Gasteiger partial charge >= 0.3 is 11.4 Å². The van der Waals surface area contributed by atoms with Crippen LogP contribution in [0.5, 0.6) is 0 Å². The second-order valence-corrected chi connectivity index (χ2v) is 16.1. The van der Waals surface area contributed by atoms with Gasteiger partial charge in [0, 0.05) is 76.3 Å². The van der Waals surface area contributed by atoms with Crippen LogP contribution in [0.3, 0.4) is 0 Å². The third-order valence-corrected chi connectivity index (χ3v) is 13.6. The molecule has 266 valence electrons. The molecule has 1 saturated heterocycles. The number of aryl methyl sites for hydroxylation is 1. The Morgan fingerprint density at radius 2 is 1.35 bits per heavy atom. The Hall–Kier alpha value is -6.34. The molecular weight excluding hydrogens is 763 g/mol. The van der Waals surface area contributed by atoms with E-state index in [0.29, 0.717) is 49.7 Å². The fraction of sp³-hybridized carbons (Fsp3) is 0.189. The maximum atomic E-state index is 13.4. The summed E-state index contributed by atoms with van der Waals surface area (Å²) in [4.78, 5) is 65.1. The summed E-state index contributed by atoms with van der Waals surface area (Å²) in [6.07, 6.45) is -1.31.